The third-order valence-electron chi connectivity index (χ3n) is 3.12. The molecular formula is C11H18N2S. The van der Waals surface area contributed by atoms with E-state index in [0.717, 1.165) is 24.0 Å². The van der Waals surface area contributed by atoms with E-state index < -0.39 is 0 Å². The van der Waals surface area contributed by atoms with Crippen LogP contribution in [0.2, 0.25) is 0 Å². The molecule has 1 heterocycles. The minimum absolute atomic E-state index is 0.635. The molecule has 2 nitrogen and oxygen atoms in total. The van der Waals surface area contributed by atoms with Gasteiger partial charge in [-0.15, -0.1) is 11.3 Å². The van der Waals surface area contributed by atoms with Crippen molar-refractivity contribution >= 4 is 11.3 Å². The molecule has 78 valence electrons. The number of aromatic nitrogens is 1. The van der Waals surface area contributed by atoms with E-state index in [-0.39, 0.29) is 0 Å². The fraction of sp³-hybridized carbons (Fsp3) is 0.727. The van der Waals surface area contributed by atoms with Crippen molar-refractivity contribution in [1.82, 2.24) is 10.3 Å². The lowest BCUT2D eigenvalue weighted by atomic mass is 10.1. The SMILES string of the molecule is CNC(Cc1nc(C)cs1)C1CC1C. The molecule has 0 bridgehead atoms. The van der Waals surface area contributed by atoms with Crippen LogP contribution in [0.1, 0.15) is 24.0 Å². The number of hydrogen-bond acceptors (Lipinski definition) is 3. The minimum atomic E-state index is 0.635. The maximum absolute atomic E-state index is 4.51. The first kappa shape index (κ1) is 10.1. The van der Waals surface area contributed by atoms with Crippen molar-refractivity contribution in [2.24, 2.45) is 11.8 Å². The molecule has 3 atom stereocenters. The molecule has 0 radical (unpaired) electrons. The van der Waals surface area contributed by atoms with Gasteiger partial charge in [0.05, 0.1) is 5.01 Å². The maximum Gasteiger partial charge on any atom is 0.0943 e. The summed E-state index contributed by atoms with van der Waals surface area (Å²) < 4.78 is 0. The molecule has 2 rings (SSSR count). The smallest absolute Gasteiger partial charge is 0.0943 e. The monoisotopic (exact) mass is 210 g/mol. The first-order valence-corrected chi connectivity index (χ1v) is 6.17. The molecule has 14 heavy (non-hydrogen) atoms. The van der Waals surface area contributed by atoms with Gasteiger partial charge in [-0.3, -0.25) is 0 Å². The van der Waals surface area contributed by atoms with Crippen LogP contribution < -0.4 is 5.32 Å². The van der Waals surface area contributed by atoms with Crippen molar-refractivity contribution < 1.29 is 0 Å². The zero-order valence-electron chi connectivity index (χ0n) is 9.08. The van der Waals surface area contributed by atoms with Gasteiger partial charge >= 0.3 is 0 Å². The summed E-state index contributed by atoms with van der Waals surface area (Å²) in [5, 5.41) is 6.83. The Morgan fingerprint density at radius 2 is 2.43 bits per heavy atom. The van der Waals surface area contributed by atoms with E-state index in [4.69, 9.17) is 0 Å². The zero-order chi connectivity index (χ0) is 10.1. The second-order valence-electron chi connectivity index (χ2n) is 4.36. The van der Waals surface area contributed by atoms with Gasteiger partial charge in [0.2, 0.25) is 0 Å². The molecule has 1 aliphatic carbocycles. The fourth-order valence-corrected chi connectivity index (χ4v) is 2.90. The first-order valence-electron chi connectivity index (χ1n) is 5.29. The van der Waals surface area contributed by atoms with Crippen LogP contribution in [0, 0.1) is 18.8 Å². The standard InChI is InChI=1S/C11H18N2S/c1-7-4-9(7)10(12-3)5-11-13-8(2)6-14-11/h6-7,9-10,12H,4-5H2,1-3H3. The summed E-state index contributed by atoms with van der Waals surface area (Å²) in [4.78, 5) is 4.51. The average molecular weight is 210 g/mol. The summed E-state index contributed by atoms with van der Waals surface area (Å²) in [5.41, 5.74) is 1.16. The molecule has 1 aromatic rings. The van der Waals surface area contributed by atoms with E-state index in [2.05, 4.69) is 36.6 Å². The van der Waals surface area contributed by atoms with Crippen LogP contribution >= 0.6 is 11.3 Å². The van der Waals surface area contributed by atoms with Gasteiger partial charge in [-0.25, -0.2) is 4.98 Å². The minimum Gasteiger partial charge on any atom is -0.316 e. The Morgan fingerprint density at radius 3 is 2.86 bits per heavy atom. The van der Waals surface area contributed by atoms with Crippen molar-refractivity contribution in [3.63, 3.8) is 0 Å². The lowest BCUT2D eigenvalue weighted by Crippen LogP contribution is -2.30. The number of nitrogens with zero attached hydrogens (tertiary/aromatic N) is 1. The Labute approximate surface area is 89.8 Å². The van der Waals surface area contributed by atoms with Crippen molar-refractivity contribution in [1.29, 1.82) is 0 Å². The van der Waals surface area contributed by atoms with E-state index in [1.54, 1.807) is 11.3 Å². The summed E-state index contributed by atoms with van der Waals surface area (Å²) >= 11 is 1.79. The van der Waals surface area contributed by atoms with Crippen LogP contribution in [0.5, 0.6) is 0 Å². The molecular weight excluding hydrogens is 192 g/mol. The third-order valence-corrected chi connectivity index (χ3v) is 4.11. The second kappa shape index (κ2) is 3.99. The zero-order valence-corrected chi connectivity index (χ0v) is 9.90. The Balaban J connectivity index is 1.94. The Kier molecular flexibility index (Phi) is 2.88. The van der Waals surface area contributed by atoms with Crippen LogP contribution in [0.15, 0.2) is 5.38 Å². The van der Waals surface area contributed by atoms with Crippen LogP contribution in [0.4, 0.5) is 0 Å². The van der Waals surface area contributed by atoms with Gasteiger partial charge in [0, 0.05) is 23.5 Å². The summed E-state index contributed by atoms with van der Waals surface area (Å²) in [5.74, 6) is 1.79. The molecule has 1 N–H and O–H groups in total. The van der Waals surface area contributed by atoms with Crippen molar-refractivity contribution in [2.75, 3.05) is 7.05 Å². The highest BCUT2D eigenvalue weighted by molar-refractivity contribution is 7.09. The fourth-order valence-electron chi connectivity index (χ4n) is 2.06. The number of thiazole rings is 1. The van der Waals surface area contributed by atoms with Crippen LogP contribution in [0.25, 0.3) is 0 Å². The van der Waals surface area contributed by atoms with Gasteiger partial charge in [0.15, 0.2) is 0 Å². The predicted octanol–water partition coefficient (Wildman–Crippen LogP) is 2.24. The molecule has 0 spiro atoms. The molecule has 1 saturated carbocycles. The molecule has 0 saturated heterocycles. The molecule has 0 aliphatic heterocycles. The highest BCUT2D eigenvalue weighted by atomic mass is 32.1. The normalized spacial score (nSPS) is 27.6. The predicted molar refractivity (Wildman–Crippen MR) is 60.7 cm³/mol. The van der Waals surface area contributed by atoms with Crippen molar-refractivity contribution in [3.05, 3.63) is 16.1 Å². The molecule has 0 aromatic carbocycles. The molecule has 1 fully saturated rings. The van der Waals surface area contributed by atoms with Crippen LogP contribution in [-0.4, -0.2) is 18.1 Å². The van der Waals surface area contributed by atoms with Crippen LogP contribution in [0.3, 0.4) is 0 Å². The number of nitrogens with one attached hydrogen (secondary N) is 1. The third kappa shape index (κ3) is 2.15. The van der Waals surface area contributed by atoms with E-state index in [1.807, 2.05) is 0 Å². The highest BCUT2D eigenvalue weighted by Crippen LogP contribution is 2.41. The summed E-state index contributed by atoms with van der Waals surface area (Å²) in [7, 11) is 2.07. The molecule has 0 amide bonds. The average Bonchev–Trinajstić information content (AvgIpc) is 2.72. The van der Waals surface area contributed by atoms with Gasteiger partial charge in [-0.1, -0.05) is 6.92 Å². The summed E-state index contributed by atoms with van der Waals surface area (Å²) in [6.45, 7) is 4.40. The van der Waals surface area contributed by atoms with Gasteiger partial charge < -0.3 is 5.32 Å². The number of aryl methyl sites for hydroxylation is 1. The summed E-state index contributed by atoms with van der Waals surface area (Å²) in [6, 6.07) is 0.635. The van der Waals surface area contributed by atoms with Crippen molar-refractivity contribution in [3.8, 4) is 0 Å². The summed E-state index contributed by atoms with van der Waals surface area (Å²) in [6.07, 6.45) is 2.49. The Morgan fingerprint density at radius 1 is 1.71 bits per heavy atom. The van der Waals surface area contributed by atoms with E-state index in [0.29, 0.717) is 6.04 Å². The number of rotatable bonds is 4. The highest BCUT2D eigenvalue weighted by Gasteiger charge is 2.38. The molecule has 1 aliphatic rings. The van der Waals surface area contributed by atoms with Gasteiger partial charge in [0.1, 0.15) is 0 Å². The lowest BCUT2D eigenvalue weighted by Gasteiger charge is -2.13. The molecule has 3 heteroatoms. The van der Waals surface area contributed by atoms with E-state index in [9.17, 15) is 0 Å². The van der Waals surface area contributed by atoms with E-state index >= 15 is 0 Å². The van der Waals surface area contributed by atoms with Crippen molar-refractivity contribution in [2.45, 2.75) is 32.7 Å². The Bertz CT molecular complexity index is 308. The quantitative estimate of drug-likeness (QED) is 0.824. The number of likely N-dealkylation sites (N-methyl/N-ethyl adjacent to an activating group) is 1. The van der Waals surface area contributed by atoms with E-state index in [1.165, 1.54) is 11.4 Å². The van der Waals surface area contributed by atoms with Gasteiger partial charge in [-0.05, 0) is 32.2 Å². The van der Waals surface area contributed by atoms with Crippen LogP contribution in [-0.2, 0) is 6.42 Å². The lowest BCUT2D eigenvalue weighted by molar-refractivity contribution is 0.478. The van der Waals surface area contributed by atoms with Gasteiger partial charge in [0.25, 0.3) is 0 Å². The Hall–Kier alpha value is -0.410. The molecule has 1 aromatic heterocycles. The molecule has 3 unspecified atom stereocenters. The topological polar surface area (TPSA) is 24.9 Å². The maximum atomic E-state index is 4.51. The second-order valence-corrected chi connectivity index (χ2v) is 5.30. The number of hydrogen-bond donors (Lipinski definition) is 1. The van der Waals surface area contributed by atoms with Gasteiger partial charge in [-0.2, -0.15) is 0 Å². The first-order chi connectivity index (χ1) is 6.70. The largest absolute Gasteiger partial charge is 0.316 e.